The molecular weight excluding hydrogens is 478 g/mol. The van der Waals surface area contributed by atoms with E-state index in [1.807, 2.05) is 11.5 Å². The summed E-state index contributed by atoms with van der Waals surface area (Å²) < 4.78 is 12.3. The van der Waals surface area contributed by atoms with Gasteiger partial charge in [0.2, 0.25) is 0 Å². The average Bonchev–Trinajstić information content (AvgIpc) is 3.25. The summed E-state index contributed by atoms with van der Waals surface area (Å²) in [5, 5.41) is 13.3. The second kappa shape index (κ2) is 11.9. The largest absolute Gasteiger partial charge is 0.493 e. The molecular formula is C26H31N5O4S. The third kappa shape index (κ3) is 6.94. The van der Waals surface area contributed by atoms with Crippen molar-refractivity contribution in [3.8, 4) is 22.9 Å². The van der Waals surface area contributed by atoms with Crippen LogP contribution in [0.1, 0.15) is 45.7 Å². The van der Waals surface area contributed by atoms with Crippen molar-refractivity contribution in [2.75, 3.05) is 12.9 Å². The van der Waals surface area contributed by atoms with Crippen molar-refractivity contribution in [1.29, 1.82) is 0 Å². The lowest BCUT2D eigenvalue weighted by molar-refractivity contribution is -0.132. The van der Waals surface area contributed by atoms with E-state index in [1.54, 1.807) is 18.2 Å². The van der Waals surface area contributed by atoms with Crippen molar-refractivity contribution in [2.45, 2.75) is 51.7 Å². The fourth-order valence-electron chi connectivity index (χ4n) is 3.36. The molecule has 0 aliphatic rings. The highest BCUT2D eigenvalue weighted by Crippen LogP contribution is 2.28. The lowest BCUT2D eigenvalue weighted by atomic mass is 9.87. The van der Waals surface area contributed by atoms with Crippen LogP contribution in [0.2, 0.25) is 0 Å². The Kier molecular flexibility index (Phi) is 8.87. The first-order valence-electron chi connectivity index (χ1n) is 11.5. The molecule has 2 aromatic carbocycles. The van der Waals surface area contributed by atoms with Gasteiger partial charge >= 0.3 is 5.97 Å². The van der Waals surface area contributed by atoms with Crippen molar-refractivity contribution in [2.24, 2.45) is 5.10 Å². The Bertz CT molecular complexity index is 1250. The monoisotopic (exact) mass is 509 g/mol. The fraction of sp³-hybridized carbons (Fsp3) is 0.346. The maximum Gasteiger partial charge on any atom is 0.308 e. The predicted molar refractivity (Wildman–Crippen MR) is 141 cm³/mol. The molecule has 0 spiro atoms. The summed E-state index contributed by atoms with van der Waals surface area (Å²) in [4.78, 5) is 23.5. The van der Waals surface area contributed by atoms with E-state index in [1.165, 1.54) is 37.6 Å². The van der Waals surface area contributed by atoms with Gasteiger partial charge in [-0.25, -0.2) is 5.43 Å². The summed E-state index contributed by atoms with van der Waals surface area (Å²) >= 11 is 1.30. The van der Waals surface area contributed by atoms with Gasteiger partial charge in [0.05, 0.1) is 19.1 Å². The Morgan fingerprint density at radius 3 is 2.44 bits per heavy atom. The molecule has 0 aliphatic heterocycles. The minimum absolute atomic E-state index is 0.0766. The number of hydrogen-bond donors (Lipinski definition) is 1. The number of hydrogen-bond acceptors (Lipinski definition) is 8. The SMILES string of the molecule is CCn1c(SCC(=O)NN=Cc2ccc(OC(C)=O)c(OC)c2)nnc1-c1ccc(C(C)(C)C)cc1. The van der Waals surface area contributed by atoms with Crippen molar-refractivity contribution in [3.63, 3.8) is 0 Å². The minimum atomic E-state index is -0.441. The molecule has 0 radical (unpaired) electrons. The van der Waals surface area contributed by atoms with Crippen LogP contribution >= 0.6 is 11.8 Å². The number of methoxy groups -OCH3 is 1. The lowest BCUT2D eigenvalue weighted by Crippen LogP contribution is -2.20. The summed E-state index contributed by atoms with van der Waals surface area (Å²) in [5.41, 5.74) is 5.48. The highest BCUT2D eigenvalue weighted by molar-refractivity contribution is 7.99. The Balaban J connectivity index is 1.60. The molecule has 3 aromatic rings. The average molecular weight is 510 g/mol. The van der Waals surface area contributed by atoms with Crippen molar-refractivity contribution < 1.29 is 19.1 Å². The van der Waals surface area contributed by atoms with Gasteiger partial charge in [0.25, 0.3) is 5.91 Å². The topological polar surface area (TPSA) is 108 Å². The zero-order valence-corrected chi connectivity index (χ0v) is 22.2. The van der Waals surface area contributed by atoms with Crippen LogP contribution in [0.4, 0.5) is 0 Å². The van der Waals surface area contributed by atoms with E-state index in [0.29, 0.717) is 28.8 Å². The van der Waals surface area contributed by atoms with Crippen LogP contribution in [0.25, 0.3) is 11.4 Å². The third-order valence-electron chi connectivity index (χ3n) is 5.22. The van der Waals surface area contributed by atoms with E-state index >= 15 is 0 Å². The van der Waals surface area contributed by atoms with Crippen LogP contribution in [-0.4, -0.2) is 45.7 Å². The summed E-state index contributed by atoms with van der Waals surface area (Å²) in [6.45, 7) is 10.6. The standard InChI is InChI=1S/C26H31N5O4S/c1-7-31-24(19-9-11-20(12-10-19)26(3,4)5)29-30-25(31)36-16-23(33)28-27-15-18-8-13-21(35-17(2)32)22(14-18)34-6/h8-15H,7,16H2,1-6H3,(H,28,33). The molecule has 0 unspecified atom stereocenters. The summed E-state index contributed by atoms with van der Waals surface area (Å²) in [6, 6.07) is 13.3. The molecule has 0 aliphatic carbocycles. The zero-order valence-electron chi connectivity index (χ0n) is 21.4. The molecule has 36 heavy (non-hydrogen) atoms. The zero-order chi connectivity index (χ0) is 26.3. The second-order valence-electron chi connectivity index (χ2n) is 8.96. The molecule has 0 saturated heterocycles. The normalized spacial score (nSPS) is 11.5. The van der Waals surface area contributed by atoms with E-state index in [4.69, 9.17) is 9.47 Å². The highest BCUT2D eigenvalue weighted by atomic mass is 32.2. The number of rotatable bonds is 9. The number of nitrogens with zero attached hydrogens (tertiary/aromatic N) is 4. The van der Waals surface area contributed by atoms with Gasteiger partial charge in [-0.2, -0.15) is 5.10 Å². The van der Waals surface area contributed by atoms with Crippen molar-refractivity contribution in [1.82, 2.24) is 20.2 Å². The van der Waals surface area contributed by atoms with Crippen LogP contribution < -0.4 is 14.9 Å². The molecule has 1 amide bonds. The number of thioether (sulfide) groups is 1. The van der Waals surface area contributed by atoms with E-state index in [0.717, 1.165) is 11.4 Å². The molecule has 1 heterocycles. The number of amides is 1. The first-order chi connectivity index (χ1) is 17.1. The van der Waals surface area contributed by atoms with Gasteiger partial charge in [-0.15, -0.1) is 10.2 Å². The second-order valence-corrected chi connectivity index (χ2v) is 9.91. The third-order valence-corrected chi connectivity index (χ3v) is 6.19. The number of aromatic nitrogens is 3. The number of hydrazone groups is 1. The summed E-state index contributed by atoms with van der Waals surface area (Å²) in [7, 11) is 1.48. The van der Waals surface area contributed by atoms with Gasteiger partial charge in [0.15, 0.2) is 22.5 Å². The Labute approximate surface area is 215 Å². The van der Waals surface area contributed by atoms with Gasteiger partial charge in [-0.3, -0.25) is 9.59 Å². The number of carbonyl (C=O) groups is 2. The first kappa shape index (κ1) is 26.9. The van der Waals surface area contributed by atoms with Crippen molar-refractivity contribution >= 4 is 29.9 Å². The van der Waals surface area contributed by atoms with Gasteiger partial charge in [0.1, 0.15) is 0 Å². The maximum atomic E-state index is 12.3. The minimum Gasteiger partial charge on any atom is -0.493 e. The Morgan fingerprint density at radius 1 is 1.11 bits per heavy atom. The molecule has 0 bridgehead atoms. The van der Waals surface area contributed by atoms with Crippen LogP contribution in [-0.2, 0) is 21.5 Å². The molecule has 0 fully saturated rings. The first-order valence-corrected chi connectivity index (χ1v) is 12.5. The predicted octanol–water partition coefficient (Wildman–Crippen LogP) is 4.44. The van der Waals surface area contributed by atoms with Gasteiger partial charge in [-0.05, 0) is 41.7 Å². The molecule has 0 atom stereocenters. The van der Waals surface area contributed by atoms with Gasteiger partial charge in [-0.1, -0.05) is 56.8 Å². The molecule has 10 heteroatoms. The van der Waals surface area contributed by atoms with Gasteiger partial charge < -0.3 is 14.0 Å². The van der Waals surface area contributed by atoms with Crippen LogP contribution in [0.15, 0.2) is 52.7 Å². The molecule has 1 N–H and O–H groups in total. The molecule has 190 valence electrons. The smallest absolute Gasteiger partial charge is 0.308 e. The maximum absolute atomic E-state index is 12.3. The van der Waals surface area contributed by atoms with Crippen molar-refractivity contribution in [3.05, 3.63) is 53.6 Å². The molecule has 9 nitrogen and oxygen atoms in total. The van der Waals surface area contributed by atoms with Gasteiger partial charge in [0, 0.05) is 19.0 Å². The highest BCUT2D eigenvalue weighted by Gasteiger charge is 2.17. The fourth-order valence-corrected chi connectivity index (χ4v) is 4.15. The summed E-state index contributed by atoms with van der Waals surface area (Å²) in [6.07, 6.45) is 1.48. The quantitative estimate of drug-likeness (QED) is 0.149. The molecule has 0 saturated carbocycles. The van der Waals surface area contributed by atoms with Crippen LogP contribution in [0.5, 0.6) is 11.5 Å². The van der Waals surface area contributed by atoms with Crippen LogP contribution in [0.3, 0.4) is 0 Å². The number of benzene rings is 2. The lowest BCUT2D eigenvalue weighted by Gasteiger charge is -2.19. The Morgan fingerprint density at radius 2 is 1.83 bits per heavy atom. The number of nitrogens with one attached hydrogen (secondary N) is 1. The molecule has 3 rings (SSSR count). The number of carbonyl (C=O) groups excluding carboxylic acids is 2. The number of esters is 1. The molecule has 1 aromatic heterocycles. The van der Waals surface area contributed by atoms with E-state index in [-0.39, 0.29) is 17.1 Å². The van der Waals surface area contributed by atoms with E-state index in [2.05, 4.69) is 65.8 Å². The van der Waals surface area contributed by atoms with E-state index in [9.17, 15) is 9.59 Å². The van der Waals surface area contributed by atoms with E-state index < -0.39 is 5.97 Å². The van der Waals surface area contributed by atoms with Crippen LogP contribution in [0, 0.1) is 0 Å². The number of ether oxygens (including phenoxy) is 2. The summed E-state index contributed by atoms with van der Waals surface area (Å²) in [5.74, 6) is 0.883. The Hall–Kier alpha value is -3.66.